The molecule has 2 aromatic heterocycles. The number of H-pyrrole nitrogens is 1. The Morgan fingerprint density at radius 3 is 2.59 bits per heavy atom. The van der Waals surface area contributed by atoms with Crippen LogP contribution in [0.1, 0.15) is 48.2 Å². The number of carbonyl (C=O) groups is 1. The van der Waals surface area contributed by atoms with Crippen LogP contribution in [-0.4, -0.2) is 20.4 Å². The number of nitrogens with zero attached hydrogens (tertiary/aromatic N) is 2. The average molecular weight is 457 g/mol. The molecular formula is C26H24N4O4. The zero-order valence-electron chi connectivity index (χ0n) is 18.7. The van der Waals surface area contributed by atoms with E-state index in [4.69, 9.17) is 4.74 Å². The number of pyridine rings is 1. The van der Waals surface area contributed by atoms with Gasteiger partial charge in [0.15, 0.2) is 11.4 Å². The molecule has 0 radical (unpaired) electrons. The summed E-state index contributed by atoms with van der Waals surface area (Å²) in [5.74, 6) is 0.869. The van der Waals surface area contributed by atoms with E-state index in [2.05, 4.69) is 15.3 Å². The van der Waals surface area contributed by atoms with Crippen LogP contribution in [0.3, 0.4) is 0 Å². The smallest absolute Gasteiger partial charge is 0.329 e. The molecule has 34 heavy (non-hydrogen) atoms. The minimum atomic E-state index is -0.624. The molecule has 0 aliphatic heterocycles. The first-order chi connectivity index (χ1) is 16.5. The van der Waals surface area contributed by atoms with Crippen LogP contribution in [0.15, 0.2) is 70.3 Å². The summed E-state index contributed by atoms with van der Waals surface area (Å²) in [7, 11) is 0. The molecule has 2 N–H and O–H groups in total. The molecule has 0 spiro atoms. The Bertz CT molecular complexity index is 1490. The standard InChI is InChI=1S/C26H24N4O4/c1-2-14-30-23-22(25(32)29-26(30)33)18(15-20(27-23)16-12-13-16)24(31)28-19-10-6-7-11-21(19)34-17-8-4-3-5-9-17/h3-11,15-16H,2,12-14H2,1H3,(H,28,31)(H,29,32,33). The third kappa shape index (κ3) is 4.22. The Morgan fingerprint density at radius 1 is 1.12 bits per heavy atom. The summed E-state index contributed by atoms with van der Waals surface area (Å²) in [4.78, 5) is 45.8. The van der Waals surface area contributed by atoms with Crippen LogP contribution in [-0.2, 0) is 6.54 Å². The molecule has 2 heterocycles. The van der Waals surface area contributed by atoms with E-state index in [9.17, 15) is 14.4 Å². The van der Waals surface area contributed by atoms with Crippen molar-refractivity contribution in [2.24, 2.45) is 0 Å². The molecule has 4 aromatic rings. The van der Waals surface area contributed by atoms with Crippen molar-refractivity contribution in [2.45, 2.75) is 38.6 Å². The van der Waals surface area contributed by atoms with Gasteiger partial charge in [-0.15, -0.1) is 0 Å². The lowest BCUT2D eigenvalue weighted by atomic mass is 10.1. The number of aryl methyl sites for hydroxylation is 1. The molecule has 5 rings (SSSR count). The highest BCUT2D eigenvalue weighted by atomic mass is 16.5. The summed E-state index contributed by atoms with van der Waals surface area (Å²) in [5, 5.41) is 2.99. The van der Waals surface area contributed by atoms with E-state index >= 15 is 0 Å². The fraction of sp³-hybridized carbons (Fsp3) is 0.231. The minimum absolute atomic E-state index is 0.108. The number of para-hydroxylation sites is 3. The van der Waals surface area contributed by atoms with Gasteiger partial charge in [-0.25, -0.2) is 9.78 Å². The predicted octanol–water partition coefficient (Wildman–Crippen LogP) is 4.42. The maximum Gasteiger partial charge on any atom is 0.329 e. The molecular weight excluding hydrogens is 432 g/mol. The Kier molecular flexibility index (Phi) is 5.71. The van der Waals surface area contributed by atoms with Gasteiger partial charge in [0.2, 0.25) is 0 Å². The van der Waals surface area contributed by atoms with Gasteiger partial charge in [-0.1, -0.05) is 37.3 Å². The SMILES string of the molecule is CCCn1c(=O)[nH]c(=O)c2c(C(=O)Nc3ccccc3Oc3ccccc3)cc(C3CC3)nc21. The first kappa shape index (κ1) is 21.6. The van der Waals surface area contributed by atoms with Gasteiger partial charge < -0.3 is 10.1 Å². The molecule has 0 saturated heterocycles. The van der Waals surface area contributed by atoms with Gasteiger partial charge in [0.25, 0.3) is 11.5 Å². The fourth-order valence-corrected chi connectivity index (χ4v) is 3.96. The zero-order valence-corrected chi connectivity index (χ0v) is 18.7. The lowest BCUT2D eigenvalue weighted by Crippen LogP contribution is -2.32. The molecule has 1 fully saturated rings. The number of rotatable bonds is 7. The van der Waals surface area contributed by atoms with Gasteiger partial charge in [0.05, 0.1) is 16.6 Å². The molecule has 1 aliphatic rings. The summed E-state index contributed by atoms with van der Waals surface area (Å²) >= 11 is 0. The Labute approximate surface area is 195 Å². The van der Waals surface area contributed by atoms with E-state index in [0.29, 0.717) is 30.2 Å². The van der Waals surface area contributed by atoms with Crippen molar-refractivity contribution in [1.29, 1.82) is 0 Å². The number of ether oxygens (including phenoxy) is 1. The maximum atomic E-state index is 13.5. The number of amides is 1. The number of benzene rings is 2. The molecule has 0 unspecified atom stereocenters. The topological polar surface area (TPSA) is 106 Å². The summed E-state index contributed by atoms with van der Waals surface area (Å²) in [6.07, 6.45) is 2.62. The van der Waals surface area contributed by atoms with Crippen LogP contribution in [0.4, 0.5) is 5.69 Å². The lowest BCUT2D eigenvalue weighted by molar-refractivity contribution is 0.102. The number of hydrogen-bond acceptors (Lipinski definition) is 5. The van der Waals surface area contributed by atoms with E-state index in [1.807, 2.05) is 43.3 Å². The average Bonchev–Trinajstić information content (AvgIpc) is 3.68. The third-order valence-electron chi connectivity index (χ3n) is 5.76. The van der Waals surface area contributed by atoms with Gasteiger partial charge in [0.1, 0.15) is 5.75 Å². The molecule has 8 heteroatoms. The van der Waals surface area contributed by atoms with Crippen molar-refractivity contribution in [3.05, 3.63) is 92.8 Å². The quantitative estimate of drug-likeness (QED) is 0.428. The second-order valence-corrected chi connectivity index (χ2v) is 8.34. The van der Waals surface area contributed by atoms with E-state index < -0.39 is 17.2 Å². The first-order valence-electron chi connectivity index (χ1n) is 11.4. The highest BCUT2D eigenvalue weighted by molar-refractivity contribution is 6.12. The van der Waals surface area contributed by atoms with Gasteiger partial charge in [-0.2, -0.15) is 0 Å². The summed E-state index contributed by atoms with van der Waals surface area (Å²) in [5.41, 5.74) is 0.481. The summed E-state index contributed by atoms with van der Waals surface area (Å²) in [6.45, 7) is 2.33. The van der Waals surface area contributed by atoms with Crippen LogP contribution in [0.5, 0.6) is 11.5 Å². The largest absolute Gasteiger partial charge is 0.455 e. The van der Waals surface area contributed by atoms with Crippen LogP contribution in [0.2, 0.25) is 0 Å². The molecule has 2 aromatic carbocycles. The van der Waals surface area contributed by atoms with Gasteiger partial charge in [0, 0.05) is 18.2 Å². The Hall–Kier alpha value is -4.20. The second-order valence-electron chi connectivity index (χ2n) is 8.34. The van der Waals surface area contributed by atoms with E-state index in [1.165, 1.54) is 4.57 Å². The van der Waals surface area contributed by atoms with Gasteiger partial charge in [-0.05, 0) is 49.6 Å². The van der Waals surface area contributed by atoms with E-state index in [-0.39, 0.29) is 22.5 Å². The molecule has 1 aliphatic carbocycles. The number of carbonyl (C=O) groups excluding carboxylic acids is 1. The number of aromatic amines is 1. The van der Waals surface area contributed by atoms with E-state index in [1.54, 1.807) is 24.3 Å². The minimum Gasteiger partial charge on any atom is -0.455 e. The fourth-order valence-electron chi connectivity index (χ4n) is 3.96. The van der Waals surface area contributed by atoms with Gasteiger partial charge in [-0.3, -0.25) is 19.1 Å². The number of hydrogen-bond donors (Lipinski definition) is 2. The van der Waals surface area contributed by atoms with Crippen LogP contribution in [0, 0.1) is 0 Å². The van der Waals surface area contributed by atoms with E-state index in [0.717, 1.165) is 18.5 Å². The number of anilines is 1. The maximum absolute atomic E-state index is 13.5. The normalized spacial score (nSPS) is 13.1. The Morgan fingerprint density at radius 2 is 1.85 bits per heavy atom. The molecule has 0 bridgehead atoms. The van der Waals surface area contributed by atoms with Crippen LogP contribution in [0.25, 0.3) is 11.0 Å². The van der Waals surface area contributed by atoms with Crippen molar-refractivity contribution in [3.8, 4) is 11.5 Å². The number of aromatic nitrogens is 3. The van der Waals surface area contributed by atoms with Crippen molar-refractivity contribution in [1.82, 2.24) is 14.5 Å². The first-order valence-corrected chi connectivity index (χ1v) is 11.4. The van der Waals surface area contributed by atoms with Crippen LogP contribution >= 0.6 is 0 Å². The molecule has 172 valence electrons. The molecule has 1 saturated carbocycles. The Balaban J connectivity index is 1.59. The zero-order chi connectivity index (χ0) is 23.7. The number of fused-ring (bicyclic) bond motifs is 1. The summed E-state index contributed by atoms with van der Waals surface area (Å²) < 4.78 is 7.39. The predicted molar refractivity (Wildman–Crippen MR) is 130 cm³/mol. The highest BCUT2D eigenvalue weighted by Gasteiger charge is 2.29. The van der Waals surface area contributed by atoms with Crippen molar-refractivity contribution >= 4 is 22.6 Å². The monoisotopic (exact) mass is 456 g/mol. The lowest BCUT2D eigenvalue weighted by Gasteiger charge is -2.15. The van der Waals surface area contributed by atoms with Crippen LogP contribution < -0.4 is 21.3 Å². The molecule has 8 nitrogen and oxygen atoms in total. The second kappa shape index (κ2) is 8.97. The number of nitrogens with one attached hydrogen (secondary N) is 2. The highest BCUT2D eigenvalue weighted by Crippen LogP contribution is 2.40. The summed E-state index contributed by atoms with van der Waals surface area (Å²) in [6, 6.07) is 18.0. The van der Waals surface area contributed by atoms with Crippen molar-refractivity contribution in [3.63, 3.8) is 0 Å². The van der Waals surface area contributed by atoms with Crippen molar-refractivity contribution < 1.29 is 9.53 Å². The molecule has 1 amide bonds. The third-order valence-corrected chi connectivity index (χ3v) is 5.76. The van der Waals surface area contributed by atoms with Crippen molar-refractivity contribution in [2.75, 3.05) is 5.32 Å². The van der Waals surface area contributed by atoms with Gasteiger partial charge >= 0.3 is 5.69 Å². The molecule has 0 atom stereocenters.